The van der Waals surface area contributed by atoms with Crippen LogP contribution in [0.25, 0.3) is 10.8 Å². The van der Waals surface area contributed by atoms with Crippen LogP contribution in [0.15, 0.2) is 89.2 Å². The van der Waals surface area contributed by atoms with Gasteiger partial charge in [0.1, 0.15) is 6.10 Å². The summed E-state index contributed by atoms with van der Waals surface area (Å²) in [4.78, 5) is 5.61. The number of allylic oxidation sites excluding steroid dienone is 1. The highest BCUT2D eigenvalue weighted by atomic mass is 32.3. The molecule has 3 aromatic carbocycles. The first kappa shape index (κ1) is 20.7. The minimum atomic E-state index is -4.43. The Kier molecular flexibility index (Phi) is 5.50. The molecule has 8 heteroatoms. The molecule has 1 aliphatic rings. The maximum absolute atomic E-state index is 13.3. The molecule has 1 heterocycles. The second-order valence-corrected chi connectivity index (χ2v) is 10.7. The molecule has 4 rings (SSSR count). The van der Waals surface area contributed by atoms with Crippen LogP contribution < -0.4 is 0 Å². The molecule has 0 aliphatic carbocycles. The summed E-state index contributed by atoms with van der Waals surface area (Å²) in [7, 11) is -8.86. The number of hydrogen-bond acceptors (Lipinski definition) is 5. The molecule has 1 atom stereocenters. The number of nitrogens with zero attached hydrogens (tertiary/aromatic N) is 1. The molecule has 0 amide bonds. The van der Waals surface area contributed by atoms with E-state index in [0.29, 0.717) is 30.2 Å². The average Bonchev–Trinajstić information content (AvgIpc) is 2.74. The minimum absolute atomic E-state index is 0.0803. The fraction of sp³-hybridized carbons (Fsp3) is 0.182. The first-order chi connectivity index (χ1) is 14.4. The Balaban J connectivity index is 1.83. The highest BCUT2D eigenvalue weighted by Gasteiger charge is 2.46. The molecule has 0 spiro atoms. The van der Waals surface area contributed by atoms with Crippen LogP contribution >= 0.6 is 0 Å². The Morgan fingerprint density at radius 1 is 0.867 bits per heavy atom. The van der Waals surface area contributed by atoms with Gasteiger partial charge in [-0.2, -0.15) is 0 Å². The van der Waals surface area contributed by atoms with Crippen LogP contribution in [0.5, 0.6) is 0 Å². The zero-order valence-electron chi connectivity index (χ0n) is 16.1. The second-order valence-electron chi connectivity index (χ2n) is 7.01. The third-order valence-electron chi connectivity index (χ3n) is 5.04. The van der Waals surface area contributed by atoms with E-state index in [2.05, 4.69) is 6.58 Å². The van der Waals surface area contributed by atoms with Crippen LogP contribution in [0.4, 0.5) is 0 Å². The summed E-state index contributed by atoms with van der Waals surface area (Å²) in [6.07, 6.45) is 2.81. The Morgan fingerprint density at radius 3 is 2.03 bits per heavy atom. The van der Waals surface area contributed by atoms with Gasteiger partial charge in [0, 0.05) is 9.26 Å². The van der Waals surface area contributed by atoms with Crippen LogP contribution in [0.3, 0.4) is 0 Å². The summed E-state index contributed by atoms with van der Waals surface area (Å²) in [5, 5.41) is 0.741. The van der Waals surface area contributed by atoms with Gasteiger partial charge in [0.2, 0.25) is 0 Å². The lowest BCUT2D eigenvalue weighted by atomic mass is 10.0. The van der Waals surface area contributed by atoms with Gasteiger partial charge >= 0.3 is 0 Å². The van der Waals surface area contributed by atoms with E-state index >= 15 is 0 Å². The number of unbranched alkanes of at least 4 members (excludes halogenated alkanes) is 1. The Labute approximate surface area is 176 Å². The first-order valence-electron chi connectivity index (χ1n) is 9.52. The van der Waals surface area contributed by atoms with Gasteiger partial charge in [0.05, 0.1) is 9.79 Å². The Bertz CT molecular complexity index is 1230. The maximum atomic E-state index is 13.3. The molecular weight excluding hydrogens is 422 g/mol. The maximum Gasteiger partial charge on any atom is 0.280 e. The molecule has 0 fully saturated rings. The predicted molar refractivity (Wildman–Crippen MR) is 114 cm³/mol. The molecular formula is C22H21NO5S2. The van der Waals surface area contributed by atoms with E-state index in [1.807, 2.05) is 6.07 Å². The zero-order chi connectivity index (χ0) is 21.4. The van der Waals surface area contributed by atoms with Crippen molar-refractivity contribution in [3.05, 3.63) is 84.9 Å². The topological polar surface area (TPSA) is 80.8 Å². The van der Waals surface area contributed by atoms with Crippen molar-refractivity contribution >= 4 is 30.8 Å². The predicted octanol–water partition coefficient (Wildman–Crippen LogP) is 4.56. The molecule has 6 nitrogen and oxygen atoms in total. The van der Waals surface area contributed by atoms with Gasteiger partial charge in [-0.25, -0.2) is 16.8 Å². The molecule has 3 aromatic rings. The first-order valence-corrected chi connectivity index (χ1v) is 12.4. The summed E-state index contributed by atoms with van der Waals surface area (Å²) in [6, 6.07) is 18.4. The SMILES string of the molecule is C=CCCCC(ON1S(=O)(=O)c2cccc3cccc(c23)S1(=O)=O)c1ccccc1. The fourth-order valence-electron chi connectivity index (χ4n) is 3.61. The quantitative estimate of drug-likeness (QED) is 0.395. The average molecular weight is 444 g/mol. The van der Waals surface area contributed by atoms with E-state index in [9.17, 15) is 16.8 Å². The molecule has 0 N–H and O–H groups in total. The molecule has 0 radical (unpaired) electrons. The van der Waals surface area contributed by atoms with E-state index in [1.54, 1.807) is 54.6 Å². The van der Waals surface area contributed by atoms with Gasteiger partial charge in [-0.1, -0.05) is 60.7 Å². The molecule has 0 saturated heterocycles. The molecule has 1 unspecified atom stereocenters. The van der Waals surface area contributed by atoms with Crippen molar-refractivity contribution in [2.75, 3.05) is 0 Å². The lowest BCUT2D eigenvalue weighted by molar-refractivity contribution is -0.0808. The summed E-state index contributed by atoms with van der Waals surface area (Å²) < 4.78 is 53.4. The highest BCUT2D eigenvalue weighted by molar-refractivity contribution is 8.04. The smallest absolute Gasteiger partial charge is 0.261 e. The van der Waals surface area contributed by atoms with E-state index in [1.165, 1.54) is 12.1 Å². The van der Waals surface area contributed by atoms with Crippen LogP contribution in [-0.4, -0.2) is 20.7 Å². The molecule has 1 aliphatic heterocycles. The molecule has 156 valence electrons. The van der Waals surface area contributed by atoms with Gasteiger partial charge in [-0.15, -0.1) is 6.58 Å². The van der Waals surface area contributed by atoms with E-state index in [0.717, 1.165) is 0 Å². The number of benzene rings is 3. The van der Waals surface area contributed by atoms with Gasteiger partial charge in [0.15, 0.2) is 0 Å². The largest absolute Gasteiger partial charge is 0.280 e. The monoisotopic (exact) mass is 443 g/mol. The third kappa shape index (κ3) is 3.45. The van der Waals surface area contributed by atoms with Crippen molar-refractivity contribution in [3.63, 3.8) is 0 Å². The van der Waals surface area contributed by atoms with Crippen LogP contribution in [-0.2, 0) is 24.9 Å². The standard InChI is InChI=1S/C22H21NO5S2/c1-2-3-5-14-19(17-10-6-4-7-11-17)28-23-29(24,25)20-15-8-12-18-13-9-16-21(22(18)20)30(23,26)27/h2,4,6-13,15-16,19H,1,3,5,14H2. The van der Waals surface area contributed by atoms with E-state index in [-0.39, 0.29) is 19.1 Å². The van der Waals surface area contributed by atoms with Crippen LogP contribution in [0.2, 0.25) is 0 Å². The van der Waals surface area contributed by atoms with Crippen molar-refractivity contribution in [1.82, 2.24) is 3.87 Å². The summed E-state index contributed by atoms with van der Waals surface area (Å²) in [5.41, 5.74) is 0.698. The lowest BCUT2D eigenvalue weighted by Crippen LogP contribution is -2.40. The molecule has 30 heavy (non-hydrogen) atoms. The van der Waals surface area contributed by atoms with Crippen molar-refractivity contribution in [2.45, 2.75) is 35.2 Å². The normalized spacial score (nSPS) is 18.1. The molecule has 0 bridgehead atoms. The second kappa shape index (κ2) is 7.96. The minimum Gasteiger partial charge on any atom is -0.261 e. The van der Waals surface area contributed by atoms with Crippen molar-refractivity contribution in [3.8, 4) is 0 Å². The van der Waals surface area contributed by atoms with Crippen molar-refractivity contribution < 1.29 is 21.7 Å². The van der Waals surface area contributed by atoms with E-state index in [4.69, 9.17) is 4.84 Å². The van der Waals surface area contributed by atoms with Gasteiger partial charge in [0.25, 0.3) is 20.0 Å². The zero-order valence-corrected chi connectivity index (χ0v) is 17.8. The fourth-order valence-corrected chi connectivity index (χ4v) is 7.41. The van der Waals surface area contributed by atoms with Crippen LogP contribution in [0, 0.1) is 0 Å². The van der Waals surface area contributed by atoms with Gasteiger partial charge in [-0.05, 0) is 42.3 Å². The number of rotatable bonds is 7. The van der Waals surface area contributed by atoms with Gasteiger partial charge in [-0.3, -0.25) is 4.84 Å². The van der Waals surface area contributed by atoms with Crippen molar-refractivity contribution in [2.24, 2.45) is 0 Å². The van der Waals surface area contributed by atoms with Crippen LogP contribution in [0.1, 0.15) is 30.9 Å². The number of hydrogen-bond donors (Lipinski definition) is 0. The molecule has 0 aromatic heterocycles. The lowest BCUT2D eigenvalue weighted by Gasteiger charge is -2.30. The van der Waals surface area contributed by atoms with Gasteiger partial charge < -0.3 is 0 Å². The third-order valence-corrected chi connectivity index (χ3v) is 8.96. The Hall–Kier alpha value is -2.52. The van der Waals surface area contributed by atoms with E-state index < -0.39 is 26.2 Å². The Morgan fingerprint density at radius 2 is 1.47 bits per heavy atom. The summed E-state index contributed by atoms with van der Waals surface area (Å²) in [6.45, 7) is 3.70. The summed E-state index contributed by atoms with van der Waals surface area (Å²) in [5.74, 6) is 0. The highest BCUT2D eigenvalue weighted by Crippen LogP contribution is 2.41. The van der Waals surface area contributed by atoms with Crippen molar-refractivity contribution in [1.29, 1.82) is 0 Å². The summed E-state index contributed by atoms with van der Waals surface area (Å²) >= 11 is 0. The molecule has 0 saturated carbocycles. The number of sulfonamides is 2.